The molecule has 0 unspecified atom stereocenters. The average molecular weight is 641 g/mol. The van der Waals surface area contributed by atoms with E-state index in [-0.39, 0.29) is 11.9 Å². The number of hydrogen-bond donors (Lipinski definition) is 1. The van der Waals surface area contributed by atoms with E-state index < -0.39 is 0 Å². The Morgan fingerprint density at radius 1 is 0.750 bits per heavy atom. The number of hydrogen-bond acceptors (Lipinski definition) is 6. The number of halogens is 2. The van der Waals surface area contributed by atoms with Gasteiger partial charge < -0.3 is 15.1 Å². The molecule has 4 aromatic carbocycles. The van der Waals surface area contributed by atoms with Gasteiger partial charge in [0.1, 0.15) is 11.0 Å². The lowest BCUT2D eigenvalue weighted by atomic mass is 9.98. The SMILES string of the molecule is O=C(NC(c1ccccc1)c1ccccc1)c1ccc(CSc2nc(Cl)cc(N3CCN(c4ccc(Cl)cc4)CC3)n2)cc1. The van der Waals surface area contributed by atoms with Crippen LogP contribution >= 0.6 is 35.0 Å². The van der Waals surface area contributed by atoms with Crippen LogP contribution in [0.4, 0.5) is 11.5 Å². The number of nitrogens with zero attached hydrogens (tertiary/aromatic N) is 4. The van der Waals surface area contributed by atoms with Crippen molar-refractivity contribution in [2.75, 3.05) is 36.0 Å². The molecule has 0 spiro atoms. The van der Waals surface area contributed by atoms with Crippen LogP contribution in [0.1, 0.15) is 33.1 Å². The average Bonchev–Trinajstić information content (AvgIpc) is 3.07. The van der Waals surface area contributed by atoms with Crippen molar-refractivity contribution in [2.24, 2.45) is 0 Å². The molecule has 0 bridgehead atoms. The molecule has 1 aliphatic rings. The van der Waals surface area contributed by atoms with E-state index in [0.29, 0.717) is 21.6 Å². The summed E-state index contributed by atoms with van der Waals surface area (Å²) in [5.74, 6) is 1.37. The van der Waals surface area contributed by atoms with Crippen LogP contribution in [0.25, 0.3) is 0 Å². The monoisotopic (exact) mass is 639 g/mol. The third-order valence-corrected chi connectivity index (χ3v) is 8.95. The topological polar surface area (TPSA) is 61.4 Å². The van der Waals surface area contributed by atoms with Gasteiger partial charge in [-0.1, -0.05) is 108 Å². The lowest BCUT2D eigenvalue weighted by Crippen LogP contribution is -2.46. The maximum atomic E-state index is 13.3. The molecule has 1 amide bonds. The standard InChI is InChI=1S/C35H31Cl2N5OS/c36-29-15-17-30(18-16-29)41-19-21-42(22-20-41)32-23-31(37)38-35(39-32)44-24-25-11-13-28(14-12-25)34(43)40-33(26-7-3-1-4-8-26)27-9-5-2-6-10-27/h1-18,23,33H,19-22,24H2,(H,40,43). The van der Waals surface area contributed by atoms with Crippen molar-refractivity contribution in [1.29, 1.82) is 0 Å². The lowest BCUT2D eigenvalue weighted by molar-refractivity contribution is 0.0943. The predicted molar refractivity (Wildman–Crippen MR) is 181 cm³/mol. The van der Waals surface area contributed by atoms with Gasteiger partial charge in [0, 0.05) is 54.3 Å². The fraction of sp³-hybridized carbons (Fsp3) is 0.171. The number of carbonyl (C=O) groups is 1. The van der Waals surface area contributed by atoms with E-state index in [0.717, 1.165) is 53.7 Å². The zero-order chi connectivity index (χ0) is 30.3. The molecule has 6 nitrogen and oxygen atoms in total. The number of amides is 1. The minimum Gasteiger partial charge on any atom is -0.368 e. The Labute approximate surface area is 272 Å². The van der Waals surface area contributed by atoms with Gasteiger partial charge in [-0.25, -0.2) is 9.97 Å². The van der Waals surface area contributed by atoms with Gasteiger partial charge in [0.15, 0.2) is 5.16 Å². The Balaban J connectivity index is 1.06. The highest BCUT2D eigenvalue weighted by Gasteiger charge is 2.20. The molecular formula is C35H31Cl2N5OS. The van der Waals surface area contributed by atoms with Gasteiger partial charge in [0.2, 0.25) is 0 Å². The molecule has 9 heteroatoms. The number of carbonyl (C=O) groups excluding carboxylic acids is 1. The summed E-state index contributed by atoms with van der Waals surface area (Å²) in [5, 5.41) is 5.00. The first-order chi connectivity index (χ1) is 21.5. The molecule has 0 aliphatic carbocycles. The molecule has 0 saturated carbocycles. The quantitative estimate of drug-likeness (QED) is 0.100. The molecule has 1 saturated heterocycles. The third kappa shape index (κ3) is 7.53. The highest BCUT2D eigenvalue weighted by molar-refractivity contribution is 7.98. The van der Waals surface area contributed by atoms with Gasteiger partial charge in [-0.15, -0.1) is 0 Å². The molecule has 1 aromatic heterocycles. The molecule has 1 fully saturated rings. The zero-order valence-electron chi connectivity index (χ0n) is 23.9. The number of anilines is 2. The first-order valence-corrected chi connectivity index (χ1v) is 16.2. The van der Waals surface area contributed by atoms with Crippen molar-refractivity contribution in [3.05, 3.63) is 148 Å². The molecule has 1 aliphatic heterocycles. The molecule has 2 heterocycles. The van der Waals surface area contributed by atoms with Crippen molar-refractivity contribution in [2.45, 2.75) is 17.0 Å². The highest BCUT2D eigenvalue weighted by Crippen LogP contribution is 2.27. The number of rotatable bonds is 9. The summed E-state index contributed by atoms with van der Waals surface area (Å²) in [6, 6.07) is 37.2. The van der Waals surface area contributed by atoms with Crippen molar-refractivity contribution in [1.82, 2.24) is 15.3 Å². The molecule has 222 valence electrons. The number of aromatic nitrogens is 2. The van der Waals surface area contributed by atoms with Crippen molar-refractivity contribution < 1.29 is 4.79 Å². The van der Waals surface area contributed by atoms with Gasteiger partial charge in [-0.3, -0.25) is 4.79 Å². The van der Waals surface area contributed by atoms with Crippen LogP contribution in [0, 0.1) is 0 Å². The van der Waals surface area contributed by atoms with E-state index >= 15 is 0 Å². The maximum absolute atomic E-state index is 13.3. The van der Waals surface area contributed by atoms with Gasteiger partial charge in [0.25, 0.3) is 5.91 Å². The minimum atomic E-state index is -0.241. The summed E-state index contributed by atoms with van der Waals surface area (Å²) in [6.07, 6.45) is 0. The summed E-state index contributed by atoms with van der Waals surface area (Å²) >= 11 is 14.0. The third-order valence-electron chi connectivity index (χ3n) is 7.58. The predicted octanol–water partition coefficient (Wildman–Crippen LogP) is 7.92. The Kier molecular flexibility index (Phi) is 9.66. The highest BCUT2D eigenvalue weighted by atomic mass is 35.5. The fourth-order valence-corrected chi connectivity index (χ4v) is 6.39. The van der Waals surface area contributed by atoms with Crippen molar-refractivity contribution in [3.8, 4) is 0 Å². The van der Waals surface area contributed by atoms with Crippen LogP contribution in [-0.4, -0.2) is 42.1 Å². The van der Waals surface area contributed by atoms with Crippen LogP contribution in [0.3, 0.4) is 0 Å². The second-order valence-electron chi connectivity index (χ2n) is 10.5. The van der Waals surface area contributed by atoms with E-state index in [1.165, 1.54) is 17.4 Å². The fourth-order valence-electron chi connectivity index (χ4n) is 5.22. The summed E-state index contributed by atoms with van der Waals surface area (Å²) in [7, 11) is 0. The molecule has 1 N–H and O–H groups in total. The summed E-state index contributed by atoms with van der Waals surface area (Å²) in [6.45, 7) is 3.42. The zero-order valence-corrected chi connectivity index (χ0v) is 26.3. The first kappa shape index (κ1) is 30.0. The number of piperazine rings is 1. The normalized spacial score (nSPS) is 13.2. The Hall–Kier alpha value is -4.04. The summed E-state index contributed by atoms with van der Waals surface area (Å²) < 4.78 is 0. The van der Waals surface area contributed by atoms with Gasteiger partial charge in [-0.05, 0) is 53.1 Å². The second kappa shape index (κ2) is 14.2. The van der Waals surface area contributed by atoms with Crippen LogP contribution in [0.15, 0.2) is 120 Å². The van der Waals surface area contributed by atoms with Crippen LogP contribution in [0.5, 0.6) is 0 Å². The maximum Gasteiger partial charge on any atom is 0.252 e. The molecule has 0 radical (unpaired) electrons. The Bertz CT molecular complexity index is 1640. The van der Waals surface area contributed by atoms with Crippen LogP contribution in [-0.2, 0) is 5.75 Å². The molecular weight excluding hydrogens is 609 g/mol. The van der Waals surface area contributed by atoms with Crippen LogP contribution < -0.4 is 15.1 Å². The number of nitrogens with one attached hydrogen (secondary N) is 1. The number of thioether (sulfide) groups is 1. The van der Waals surface area contributed by atoms with Gasteiger partial charge >= 0.3 is 0 Å². The van der Waals surface area contributed by atoms with Gasteiger partial charge in [-0.2, -0.15) is 0 Å². The van der Waals surface area contributed by atoms with Crippen LogP contribution in [0.2, 0.25) is 10.2 Å². The number of benzene rings is 4. The Morgan fingerprint density at radius 2 is 1.34 bits per heavy atom. The molecule has 44 heavy (non-hydrogen) atoms. The minimum absolute atomic E-state index is 0.124. The Morgan fingerprint density at radius 3 is 1.95 bits per heavy atom. The van der Waals surface area contributed by atoms with E-state index in [9.17, 15) is 4.79 Å². The van der Waals surface area contributed by atoms with E-state index in [4.69, 9.17) is 28.2 Å². The molecule has 5 aromatic rings. The smallest absolute Gasteiger partial charge is 0.252 e. The second-order valence-corrected chi connectivity index (χ2v) is 12.3. The molecule has 6 rings (SSSR count). The van der Waals surface area contributed by atoms with E-state index in [1.807, 2.05) is 103 Å². The summed E-state index contributed by atoms with van der Waals surface area (Å²) in [4.78, 5) is 27.1. The first-order valence-electron chi connectivity index (χ1n) is 14.4. The summed E-state index contributed by atoms with van der Waals surface area (Å²) in [5.41, 5.74) is 4.90. The van der Waals surface area contributed by atoms with Crippen molar-refractivity contribution >= 4 is 52.4 Å². The van der Waals surface area contributed by atoms with Crippen molar-refractivity contribution in [3.63, 3.8) is 0 Å². The van der Waals surface area contributed by atoms with Gasteiger partial charge in [0.05, 0.1) is 6.04 Å². The lowest BCUT2D eigenvalue weighted by Gasteiger charge is -2.36. The van der Waals surface area contributed by atoms with E-state index in [2.05, 4.69) is 32.2 Å². The van der Waals surface area contributed by atoms with E-state index in [1.54, 1.807) is 0 Å². The largest absolute Gasteiger partial charge is 0.368 e. The molecule has 0 atom stereocenters.